The summed E-state index contributed by atoms with van der Waals surface area (Å²) in [5.41, 5.74) is 0. The van der Waals surface area contributed by atoms with E-state index in [1.165, 1.54) is 13.8 Å². The van der Waals surface area contributed by atoms with Crippen LogP contribution in [0.5, 0.6) is 0 Å². The van der Waals surface area contributed by atoms with E-state index in [2.05, 4.69) is 0 Å². The van der Waals surface area contributed by atoms with E-state index in [4.69, 9.17) is 34.6 Å². The molecule has 0 spiro atoms. The smallest absolute Gasteiger partial charge is 0.104 e. The Labute approximate surface area is 113 Å². The van der Waals surface area contributed by atoms with Crippen LogP contribution < -0.4 is 0 Å². The highest BCUT2D eigenvalue weighted by Gasteiger charge is 2.26. The van der Waals surface area contributed by atoms with Crippen molar-refractivity contribution in [2.45, 2.75) is 38.3 Å². The molecule has 0 amide bonds. The molecule has 4 atom stereocenters. The summed E-state index contributed by atoms with van der Waals surface area (Å²) in [5, 5.41) is 32.0. The van der Waals surface area contributed by atoms with Crippen molar-refractivity contribution in [3.8, 4) is 0 Å². The lowest BCUT2D eigenvalue weighted by Gasteiger charge is -1.95. The van der Waals surface area contributed by atoms with E-state index in [9.17, 15) is 0 Å². The summed E-state index contributed by atoms with van der Waals surface area (Å²) in [5.74, 6) is 0. The third kappa shape index (κ3) is 17.7. The lowest BCUT2D eigenvalue weighted by atomic mass is 10.5. The topological polar surface area (TPSA) is 115 Å². The SMILES string of the molecule is C(OCC1CO1)C1CO1.CC(O)CO.CC(O)CO. The van der Waals surface area contributed by atoms with Crippen LogP contribution in [0.4, 0.5) is 0 Å². The molecule has 0 aromatic carbocycles. The second-order valence-electron chi connectivity index (χ2n) is 4.51. The van der Waals surface area contributed by atoms with Gasteiger partial charge in [0.25, 0.3) is 0 Å². The second kappa shape index (κ2) is 11.5. The third-order valence-electron chi connectivity index (χ3n) is 1.94. The molecule has 7 heteroatoms. The third-order valence-corrected chi connectivity index (χ3v) is 1.94. The standard InChI is InChI=1S/C6H10O3.2C3H8O2/c1(5-3-8-5)7-2-6-4-9-6;2*1-3(5)2-4/h5-6H,1-4H2;2*3-5H,2H2,1H3. The van der Waals surface area contributed by atoms with Crippen LogP contribution in [-0.2, 0) is 14.2 Å². The summed E-state index contributed by atoms with van der Waals surface area (Å²) in [6.45, 7) is 6.04. The second-order valence-corrected chi connectivity index (χ2v) is 4.51. The van der Waals surface area contributed by atoms with Crippen LogP contribution in [-0.4, -0.2) is 84.5 Å². The largest absolute Gasteiger partial charge is 0.394 e. The van der Waals surface area contributed by atoms with Gasteiger partial charge in [-0.25, -0.2) is 0 Å². The molecule has 0 aromatic heterocycles. The first-order chi connectivity index (χ1) is 8.99. The van der Waals surface area contributed by atoms with E-state index in [0.717, 1.165) is 26.4 Å². The summed E-state index contributed by atoms with van der Waals surface area (Å²) in [6, 6.07) is 0. The Balaban J connectivity index is 0.000000283. The Morgan fingerprint density at radius 2 is 1.21 bits per heavy atom. The molecule has 2 heterocycles. The van der Waals surface area contributed by atoms with Crippen LogP contribution in [0.15, 0.2) is 0 Å². The van der Waals surface area contributed by atoms with Gasteiger partial charge >= 0.3 is 0 Å². The van der Waals surface area contributed by atoms with E-state index >= 15 is 0 Å². The van der Waals surface area contributed by atoms with Gasteiger partial charge in [-0.15, -0.1) is 0 Å². The van der Waals surface area contributed by atoms with Crippen LogP contribution in [0.1, 0.15) is 13.8 Å². The molecule has 2 saturated heterocycles. The molecule has 2 fully saturated rings. The Morgan fingerprint density at radius 3 is 1.37 bits per heavy atom. The summed E-state index contributed by atoms with van der Waals surface area (Å²) >= 11 is 0. The fourth-order valence-corrected chi connectivity index (χ4v) is 0.659. The maximum Gasteiger partial charge on any atom is 0.104 e. The van der Waals surface area contributed by atoms with Gasteiger partial charge in [0.15, 0.2) is 0 Å². The molecular formula is C12H26O7. The first-order valence-electron chi connectivity index (χ1n) is 6.38. The first kappa shape index (κ1) is 18.7. The van der Waals surface area contributed by atoms with Gasteiger partial charge in [-0.1, -0.05) is 0 Å². The van der Waals surface area contributed by atoms with Crippen molar-refractivity contribution in [3.05, 3.63) is 0 Å². The molecule has 7 nitrogen and oxygen atoms in total. The number of aliphatic hydroxyl groups excluding tert-OH is 4. The van der Waals surface area contributed by atoms with Crippen LogP contribution in [0.3, 0.4) is 0 Å². The maximum atomic E-state index is 8.11. The van der Waals surface area contributed by atoms with Crippen LogP contribution in [0, 0.1) is 0 Å². The summed E-state index contributed by atoms with van der Waals surface area (Å²) < 4.78 is 15.1. The Bertz CT molecular complexity index is 171. The molecule has 116 valence electrons. The highest BCUT2D eigenvalue weighted by atomic mass is 16.6. The summed E-state index contributed by atoms with van der Waals surface area (Å²) in [6.07, 6.45) is -0.336. The molecular weight excluding hydrogens is 256 g/mol. The monoisotopic (exact) mass is 282 g/mol. The van der Waals surface area contributed by atoms with Crippen LogP contribution in [0.25, 0.3) is 0 Å². The zero-order valence-electron chi connectivity index (χ0n) is 11.6. The van der Waals surface area contributed by atoms with Crippen molar-refractivity contribution < 1.29 is 34.6 Å². The quantitative estimate of drug-likeness (QED) is 0.439. The van der Waals surface area contributed by atoms with E-state index in [-0.39, 0.29) is 13.2 Å². The molecule has 0 aromatic rings. The van der Waals surface area contributed by atoms with Gasteiger partial charge in [0.05, 0.1) is 51.8 Å². The van der Waals surface area contributed by atoms with Crippen molar-refractivity contribution in [3.63, 3.8) is 0 Å². The number of epoxide rings is 2. The van der Waals surface area contributed by atoms with Gasteiger partial charge < -0.3 is 34.6 Å². The van der Waals surface area contributed by atoms with Gasteiger partial charge in [-0.3, -0.25) is 0 Å². The van der Waals surface area contributed by atoms with Gasteiger partial charge in [0, 0.05) is 0 Å². The zero-order valence-corrected chi connectivity index (χ0v) is 11.6. The molecule has 4 N–H and O–H groups in total. The van der Waals surface area contributed by atoms with E-state index < -0.39 is 12.2 Å². The lowest BCUT2D eigenvalue weighted by molar-refractivity contribution is 0.102. The molecule has 2 aliphatic heterocycles. The highest BCUT2D eigenvalue weighted by Crippen LogP contribution is 2.12. The average Bonchev–Trinajstić information content (AvgIpc) is 3.25. The predicted molar refractivity (Wildman–Crippen MR) is 67.8 cm³/mol. The molecule has 2 aliphatic rings. The minimum atomic E-state index is -0.560. The molecule has 4 unspecified atom stereocenters. The van der Waals surface area contributed by atoms with Crippen molar-refractivity contribution in [2.75, 3.05) is 39.6 Å². The molecule has 2 rings (SSSR count). The first-order valence-corrected chi connectivity index (χ1v) is 6.38. The van der Waals surface area contributed by atoms with Crippen molar-refractivity contribution >= 4 is 0 Å². The molecule has 0 saturated carbocycles. The van der Waals surface area contributed by atoms with E-state index in [0.29, 0.717) is 12.2 Å². The van der Waals surface area contributed by atoms with Crippen LogP contribution >= 0.6 is 0 Å². The minimum absolute atomic E-state index is 0.139. The van der Waals surface area contributed by atoms with Gasteiger partial charge in [0.2, 0.25) is 0 Å². The highest BCUT2D eigenvalue weighted by molar-refractivity contribution is 4.71. The summed E-state index contributed by atoms with van der Waals surface area (Å²) in [7, 11) is 0. The number of aliphatic hydroxyl groups is 4. The minimum Gasteiger partial charge on any atom is -0.394 e. The van der Waals surface area contributed by atoms with Gasteiger partial charge in [-0.2, -0.15) is 0 Å². The Morgan fingerprint density at radius 1 is 0.947 bits per heavy atom. The normalized spacial score (nSPS) is 26.2. The number of ether oxygens (including phenoxy) is 3. The molecule has 0 aliphatic carbocycles. The van der Waals surface area contributed by atoms with Crippen LogP contribution in [0.2, 0.25) is 0 Å². The lowest BCUT2D eigenvalue weighted by Crippen LogP contribution is -2.06. The van der Waals surface area contributed by atoms with Gasteiger partial charge in [-0.05, 0) is 13.8 Å². The number of rotatable bonds is 6. The summed E-state index contributed by atoms with van der Waals surface area (Å²) in [4.78, 5) is 0. The Kier molecular flexibility index (Phi) is 11.4. The maximum absolute atomic E-state index is 8.11. The van der Waals surface area contributed by atoms with Crippen molar-refractivity contribution in [1.82, 2.24) is 0 Å². The molecule has 0 radical (unpaired) electrons. The Hall–Kier alpha value is -0.280. The molecule has 19 heavy (non-hydrogen) atoms. The van der Waals surface area contributed by atoms with Crippen molar-refractivity contribution in [1.29, 1.82) is 0 Å². The van der Waals surface area contributed by atoms with Gasteiger partial charge in [0.1, 0.15) is 12.2 Å². The number of hydrogen-bond donors (Lipinski definition) is 4. The van der Waals surface area contributed by atoms with E-state index in [1.807, 2.05) is 0 Å². The van der Waals surface area contributed by atoms with Crippen molar-refractivity contribution in [2.24, 2.45) is 0 Å². The fourth-order valence-electron chi connectivity index (χ4n) is 0.659. The predicted octanol–water partition coefficient (Wildman–Crippen LogP) is -1.48. The fraction of sp³-hybridized carbons (Fsp3) is 1.00. The average molecular weight is 282 g/mol. The number of hydrogen-bond acceptors (Lipinski definition) is 7. The van der Waals surface area contributed by atoms with E-state index in [1.54, 1.807) is 0 Å². The molecule has 0 bridgehead atoms. The zero-order chi connectivity index (χ0) is 14.7.